The van der Waals surface area contributed by atoms with E-state index in [-0.39, 0.29) is 18.2 Å². The van der Waals surface area contributed by atoms with Gasteiger partial charge in [0.25, 0.3) is 0 Å². The van der Waals surface area contributed by atoms with Crippen LogP contribution in [-0.2, 0) is 28.7 Å². The minimum atomic E-state index is -0.553. The van der Waals surface area contributed by atoms with Gasteiger partial charge in [-0.15, -0.1) is 0 Å². The van der Waals surface area contributed by atoms with Crippen molar-refractivity contribution in [1.29, 1.82) is 0 Å². The molecular weight excluding hydrogens is 364 g/mol. The summed E-state index contributed by atoms with van der Waals surface area (Å²) in [5.74, 6) is 1.05. The summed E-state index contributed by atoms with van der Waals surface area (Å²) in [5, 5.41) is 16.4. The fraction of sp³-hybridized carbons (Fsp3) is 0.700. The third-order valence-corrected chi connectivity index (χ3v) is 5.72. The van der Waals surface area contributed by atoms with E-state index in [1.807, 2.05) is 6.92 Å². The van der Waals surface area contributed by atoms with Gasteiger partial charge >= 0.3 is 0 Å². The van der Waals surface area contributed by atoms with E-state index in [1.54, 1.807) is 7.11 Å². The van der Waals surface area contributed by atoms with Crippen LogP contribution in [0.15, 0.2) is 16.4 Å². The molecule has 1 aliphatic heterocycles. The van der Waals surface area contributed by atoms with Crippen LogP contribution in [0, 0.1) is 15.7 Å². The van der Waals surface area contributed by atoms with Crippen LogP contribution in [0.3, 0.4) is 0 Å². The van der Waals surface area contributed by atoms with Crippen molar-refractivity contribution in [3.05, 3.63) is 32.6 Å². The number of methoxy groups -OCH3 is 1. The molecule has 28 heavy (non-hydrogen) atoms. The van der Waals surface area contributed by atoms with Crippen molar-refractivity contribution in [2.24, 2.45) is 16.3 Å². The van der Waals surface area contributed by atoms with Gasteiger partial charge in [0, 0.05) is 18.4 Å². The average Bonchev–Trinajstić information content (AvgIpc) is 2.71. The third kappa shape index (κ3) is 4.50. The molecule has 4 atom stereocenters. The Hall–Kier alpha value is -2.06. The van der Waals surface area contributed by atoms with Gasteiger partial charge in [0.15, 0.2) is 17.8 Å². The molecule has 0 spiro atoms. The number of benzene rings is 1. The highest BCUT2D eigenvalue weighted by atomic mass is 16.7. The van der Waals surface area contributed by atoms with Crippen molar-refractivity contribution >= 4 is 0 Å². The second-order valence-electron chi connectivity index (χ2n) is 7.58. The summed E-state index contributed by atoms with van der Waals surface area (Å²) in [7, 11) is 1.58. The van der Waals surface area contributed by atoms with Gasteiger partial charge in [0.1, 0.15) is 6.54 Å². The van der Waals surface area contributed by atoms with Gasteiger partial charge in [0.2, 0.25) is 0 Å². The lowest BCUT2D eigenvalue weighted by Gasteiger charge is -2.33. The molecule has 4 unspecified atom stereocenters. The maximum absolute atomic E-state index is 10.9. The van der Waals surface area contributed by atoms with E-state index in [4.69, 9.17) is 14.2 Å². The van der Waals surface area contributed by atoms with Crippen LogP contribution < -0.4 is 4.74 Å². The Morgan fingerprint density at radius 3 is 2.82 bits per heavy atom. The SMILES string of the molecule is CCc1cc2c(c(OC)c1O)CC(COC1CC(N=O)CC(CN=O)O1)CC2. The first-order valence-electron chi connectivity index (χ1n) is 9.88. The number of fused-ring (bicyclic) bond motifs is 1. The quantitative estimate of drug-likeness (QED) is 0.679. The van der Waals surface area contributed by atoms with Gasteiger partial charge in [-0.2, -0.15) is 9.81 Å². The van der Waals surface area contributed by atoms with E-state index in [1.165, 1.54) is 5.56 Å². The summed E-state index contributed by atoms with van der Waals surface area (Å²) in [4.78, 5) is 21.5. The normalized spacial score (nSPS) is 27.1. The highest BCUT2D eigenvalue weighted by molar-refractivity contribution is 5.55. The maximum Gasteiger partial charge on any atom is 0.164 e. The lowest BCUT2D eigenvalue weighted by molar-refractivity contribution is -0.200. The van der Waals surface area contributed by atoms with E-state index in [0.29, 0.717) is 25.2 Å². The number of aromatic hydroxyl groups is 1. The van der Waals surface area contributed by atoms with Crippen molar-refractivity contribution in [3.63, 3.8) is 0 Å². The second-order valence-corrected chi connectivity index (χ2v) is 7.58. The van der Waals surface area contributed by atoms with E-state index in [9.17, 15) is 14.9 Å². The molecule has 1 fully saturated rings. The minimum absolute atomic E-state index is 0.00107. The van der Waals surface area contributed by atoms with Gasteiger partial charge in [-0.05, 0) is 42.7 Å². The van der Waals surface area contributed by atoms with E-state index in [0.717, 1.165) is 36.8 Å². The summed E-state index contributed by atoms with van der Waals surface area (Å²) < 4.78 is 17.2. The monoisotopic (exact) mass is 392 g/mol. The first-order chi connectivity index (χ1) is 13.6. The first-order valence-corrected chi connectivity index (χ1v) is 9.88. The largest absolute Gasteiger partial charge is 0.504 e. The molecule has 1 aromatic carbocycles. The zero-order chi connectivity index (χ0) is 20.1. The van der Waals surface area contributed by atoms with E-state index < -0.39 is 18.4 Å². The highest BCUT2D eigenvalue weighted by Gasteiger charge is 2.32. The Balaban J connectivity index is 1.64. The molecular formula is C20H28N2O6. The van der Waals surface area contributed by atoms with Crippen molar-refractivity contribution in [3.8, 4) is 11.5 Å². The average molecular weight is 392 g/mol. The number of rotatable bonds is 8. The first kappa shape index (κ1) is 20.7. The Morgan fingerprint density at radius 2 is 2.14 bits per heavy atom. The van der Waals surface area contributed by atoms with Gasteiger partial charge in [-0.25, -0.2) is 0 Å². The van der Waals surface area contributed by atoms with Crippen LogP contribution in [0.5, 0.6) is 11.5 Å². The molecule has 1 heterocycles. The van der Waals surface area contributed by atoms with Crippen LogP contribution in [0.1, 0.15) is 42.9 Å². The Kier molecular flexibility index (Phi) is 6.96. The fourth-order valence-corrected chi connectivity index (χ4v) is 4.21. The van der Waals surface area contributed by atoms with Gasteiger partial charge in [-0.3, -0.25) is 0 Å². The summed E-state index contributed by atoms with van der Waals surface area (Å²) in [6, 6.07) is 1.66. The van der Waals surface area contributed by atoms with Gasteiger partial charge in [0.05, 0.1) is 25.9 Å². The predicted octanol–water partition coefficient (Wildman–Crippen LogP) is 3.49. The Morgan fingerprint density at radius 1 is 1.32 bits per heavy atom. The van der Waals surface area contributed by atoms with Crippen molar-refractivity contribution in [1.82, 2.24) is 0 Å². The molecule has 0 radical (unpaired) electrons. The molecule has 0 amide bonds. The molecule has 1 N–H and O–H groups in total. The number of hydrogen-bond donors (Lipinski definition) is 1. The van der Waals surface area contributed by atoms with Crippen LogP contribution in [0.2, 0.25) is 0 Å². The maximum atomic E-state index is 10.9. The Bertz CT molecular complexity index is 710. The van der Waals surface area contributed by atoms with Crippen LogP contribution >= 0.6 is 0 Å². The summed E-state index contributed by atoms with van der Waals surface area (Å²) in [6.07, 6.45) is 3.19. The van der Waals surface area contributed by atoms with Crippen molar-refractivity contribution in [2.45, 2.75) is 63.9 Å². The molecule has 0 aromatic heterocycles. The zero-order valence-electron chi connectivity index (χ0n) is 16.4. The lowest BCUT2D eigenvalue weighted by atomic mass is 9.82. The summed E-state index contributed by atoms with van der Waals surface area (Å²) in [5.41, 5.74) is 3.17. The van der Waals surface area contributed by atoms with Crippen molar-refractivity contribution < 1.29 is 19.3 Å². The molecule has 1 aromatic rings. The second kappa shape index (κ2) is 9.43. The lowest BCUT2D eigenvalue weighted by Crippen LogP contribution is -2.38. The number of phenolic OH excluding ortho intramolecular Hbond substituents is 1. The third-order valence-electron chi connectivity index (χ3n) is 5.72. The number of ether oxygens (including phenoxy) is 3. The number of nitroso groups, excluding NO2 is 2. The summed E-state index contributed by atoms with van der Waals surface area (Å²) >= 11 is 0. The smallest absolute Gasteiger partial charge is 0.164 e. The molecule has 0 bridgehead atoms. The van der Waals surface area contributed by atoms with Gasteiger partial charge in [-0.1, -0.05) is 23.3 Å². The van der Waals surface area contributed by atoms with Crippen LogP contribution in [0.4, 0.5) is 0 Å². The summed E-state index contributed by atoms with van der Waals surface area (Å²) in [6.45, 7) is 2.48. The molecule has 2 aliphatic rings. The molecule has 154 valence electrons. The molecule has 1 aliphatic carbocycles. The molecule has 8 heteroatoms. The topological polar surface area (TPSA) is 107 Å². The van der Waals surface area contributed by atoms with Crippen LogP contribution in [-0.4, -0.2) is 43.8 Å². The molecule has 0 saturated carbocycles. The van der Waals surface area contributed by atoms with E-state index >= 15 is 0 Å². The van der Waals surface area contributed by atoms with Crippen LogP contribution in [0.25, 0.3) is 0 Å². The number of phenols is 1. The highest BCUT2D eigenvalue weighted by Crippen LogP contribution is 2.41. The predicted molar refractivity (Wildman–Crippen MR) is 104 cm³/mol. The molecule has 8 nitrogen and oxygen atoms in total. The molecule has 3 rings (SSSR count). The number of aryl methyl sites for hydroxylation is 2. The standard InChI is InChI=1S/C20H28N2O6/c1-3-13-7-14-5-4-12(6-17(14)20(26-2)19(13)23)11-27-18-9-15(22-25)8-16(28-18)10-21-24/h7,12,15-16,18,23H,3-6,8-11H2,1-2H3. The zero-order valence-corrected chi connectivity index (χ0v) is 16.4. The fourth-order valence-electron chi connectivity index (χ4n) is 4.21. The number of nitrogens with zero attached hydrogens (tertiary/aromatic N) is 2. The minimum Gasteiger partial charge on any atom is -0.504 e. The number of hydrogen-bond acceptors (Lipinski definition) is 8. The molecule has 1 saturated heterocycles. The van der Waals surface area contributed by atoms with E-state index in [2.05, 4.69) is 16.4 Å². The van der Waals surface area contributed by atoms with Crippen molar-refractivity contribution in [2.75, 3.05) is 20.3 Å². The van der Waals surface area contributed by atoms with Gasteiger partial charge < -0.3 is 19.3 Å². The Labute approximate surface area is 164 Å².